The maximum absolute atomic E-state index is 12.4. The molecule has 5 nitrogen and oxygen atoms in total. The lowest BCUT2D eigenvalue weighted by atomic mass is 10.1. The van der Waals surface area contributed by atoms with Crippen LogP contribution in [0, 0.1) is 0 Å². The Balaban J connectivity index is 1.92. The minimum atomic E-state index is -0.111. The van der Waals surface area contributed by atoms with E-state index in [4.69, 9.17) is 9.84 Å². The zero-order valence-corrected chi connectivity index (χ0v) is 13.5. The highest BCUT2D eigenvalue weighted by Crippen LogP contribution is 2.25. The third kappa shape index (κ3) is 4.45. The van der Waals surface area contributed by atoms with Gasteiger partial charge in [-0.25, -0.2) is 4.79 Å². The van der Waals surface area contributed by atoms with Crippen molar-refractivity contribution in [1.29, 1.82) is 0 Å². The van der Waals surface area contributed by atoms with Crippen LogP contribution in [0.2, 0.25) is 0 Å². The molecule has 0 spiro atoms. The molecule has 0 bridgehead atoms. The first-order chi connectivity index (χ1) is 10.6. The van der Waals surface area contributed by atoms with E-state index in [1.54, 1.807) is 4.90 Å². The second-order valence-electron chi connectivity index (χ2n) is 5.89. The van der Waals surface area contributed by atoms with Crippen LogP contribution in [0.1, 0.15) is 31.4 Å². The number of urea groups is 1. The number of carbonyl (C=O) groups excluding carboxylic acids is 1. The SMILES string of the molecule is CC(C)N(CCOCCO)C(=O)Nc1ccc2c(c1)CCC2. The molecule has 0 aromatic heterocycles. The van der Waals surface area contributed by atoms with Gasteiger partial charge in [0.15, 0.2) is 0 Å². The number of carbonyl (C=O) groups is 1. The highest BCUT2D eigenvalue weighted by molar-refractivity contribution is 5.89. The molecule has 0 saturated carbocycles. The zero-order valence-electron chi connectivity index (χ0n) is 13.5. The highest BCUT2D eigenvalue weighted by Gasteiger charge is 2.18. The molecule has 1 aromatic carbocycles. The standard InChI is InChI=1S/C17H26N2O3/c1-13(2)19(8-10-22-11-9-20)17(21)18-16-7-6-14-4-3-5-15(14)12-16/h6-7,12-13,20H,3-5,8-11H2,1-2H3,(H,18,21). The lowest BCUT2D eigenvalue weighted by Crippen LogP contribution is -2.42. The average Bonchev–Trinajstić information content (AvgIpc) is 2.94. The fraction of sp³-hybridized carbons (Fsp3) is 0.588. The minimum absolute atomic E-state index is 0.00298. The third-order valence-corrected chi connectivity index (χ3v) is 3.95. The number of hydrogen-bond acceptors (Lipinski definition) is 3. The number of nitrogens with zero attached hydrogens (tertiary/aromatic N) is 1. The van der Waals surface area contributed by atoms with E-state index in [0.29, 0.717) is 19.8 Å². The van der Waals surface area contributed by atoms with Crippen LogP contribution in [0.4, 0.5) is 10.5 Å². The first-order valence-electron chi connectivity index (χ1n) is 8.00. The van der Waals surface area contributed by atoms with Gasteiger partial charge >= 0.3 is 6.03 Å². The van der Waals surface area contributed by atoms with E-state index in [1.807, 2.05) is 19.9 Å². The number of rotatable bonds is 7. The predicted octanol–water partition coefficient (Wildman–Crippen LogP) is 2.43. The number of aliphatic hydroxyl groups is 1. The van der Waals surface area contributed by atoms with Crippen LogP contribution < -0.4 is 5.32 Å². The van der Waals surface area contributed by atoms with E-state index < -0.39 is 0 Å². The molecule has 2 amide bonds. The molecule has 122 valence electrons. The van der Waals surface area contributed by atoms with Gasteiger partial charge in [0.2, 0.25) is 0 Å². The second-order valence-corrected chi connectivity index (χ2v) is 5.89. The Labute approximate surface area is 132 Å². The van der Waals surface area contributed by atoms with E-state index in [1.165, 1.54) is 17.5 Å². The Morgan fingerprint density at radius 2 is 2.09 bits per heavy atom. The van der Waals surface area contributed by atoms with E-state index >= 15 is 0 Å². The smallest absolute Gasteiger partial charge is 0.322 e. The van der Waals surface area contributed by atoms with Gasteiger partial charge in [-0.3, -0.25) is 0 Å². The summed E-state index contributed by atoms with van der Waals surface area (Å²) in [5.41, 5.74) is 3.60. The third-order valence-electron chi connectivity index (χ3n) is 3.95. The van der Waals surface area contributed by atoms with Crippen molar-refractivity contribution in [2.24, 2.45) is 0 Å². The van der Waals surface area contributed by atoms with Gasteiger partial charge in [-0.2, -0.15) is 0 Å². The molecule has 0 unspecified atom stereocenters. The van der Waals surface area contributed by atoms with E-state index in [0.717, 1.165) is 18.5 Å². The Kier molecular flexibility index (Phi) is 6.21. The summed E-state index contributed by atoms with van der Waals surface area (Å²) >= 11 is 0. The normalized spacial score (nSPS) is 13.3. The van der Waals surface area contributed by atoms with Crippen molar-refractivity contribution < 1.29 is 14.6 Å². The summed E-state index contributed by atoms with van der Waals surface area (Å²) in [5.74, 6) is 0. The lowest BCUT2D eigenvalue weighted by molar-refractivity contribution is 0.0757. The van der Waals surface area contributed by atoms with Crippen LogP contribution in [0.25, 0.3) is 0 Å². The molecular weight excluding hydrogens is 280 g/mol. The largest absolute Gasteiger partial charge is 0.394 e. The summed E-state index contributed by atoms with van der Waals surface area (Å²) in [6.45, 7) is 5.20. The van der Waals surface area contributed by atoms with Gasteiger partial charge in [-0.15, -0.1) is 0 Å². The van der Waals surface area contributed by atoms with Gasteiger partial charge in [0.1, 0.15) is 0 Å². The van der Waals surface area contributed by atoms with Gasteiger partial charge in [-0.1, -0.05) is 6.07 Å². The van der Waals surface area contributed by atoms with Gasteiger partial charge in [0, 0.05) is 18.3 Å². The summed E-state index contributed by atoms with van der Waals surface area (Å²) in [5, 5.41) is 11.7. The van der Waals surface area contributed by atoms with E-state index in [2.05, 4.69) is 17.4 Å². The van der Waals surface area contributed by atoms with Crippen molar-refractivity contribution >= 4 is 11.7 Å². The number of ether oxygens (including phenoxy) is 1. The van der Waals surface area contributed by atoms with E-state index in [9.17, 15) is 4.79 Å². The van der Waals surface area contributed by atoms with Crippen LogP contribution in [0.5, 0.6) is 0 Å². The number of hydrogen-bond donors (Lipinski definition) is 2. The molecule has 0 saturated heterocycles. The maximum Gasteiger partial charge on any atom is 0.322 e. The quantitative estimate of drug-likeness (QED) is 0.761. The van der Waals surface area contributed by atoms with Crippen molar-refractivity contribution in [2.75, 3.05) is 31.7 Å². The number of aryl methyl sites for hydroxylation is 2. The topological polar surface area (TPSA) is 61.8 Å². The predicted molar refractivity (Wildman–Crippen MR) is 87.2 cm³/mol. The molecule has 0 aliphatic heterocycles. The summed E-state index contributed by atoms with van der Waals surface area (Å²) < 4.78 is 5.25. The lowest BCUT2D eigenvalue weighted by Gasteiger charge is -2.27. The van der Waals surface area contributed by atoms with Crippen LogP contribution in [-0.2, 0) is 17.6 Å². The van der Waals surface area contributed by atoms with Gasteiger partial charge in [0.05, 0.1) is 19.8 Å². The fourth-order valence-electron chi connectivity index (χ4n) is 2.77. The maximum atomic E-state index is 12.4. The number of fused-ring (bicyclic) bond motifs is 1. The second kappa shape index (κ2) is 8.15. The molecule has 5 heteroatoms. The Bertz CT molecular complexity index is 503. The number of amides is 2. The molecule has 1 aliphatic rings. The minimum Gasteiger partial charge on any atom is -0.394 e. The number of benzene rings is 1. The molecular formula is C17H26N2O3. The zero-order chi connectivity index (χ0) is 15.9. The van der Waals surface area contributed by atoms with E-state index in [-0.39, 0.29) is 18.7 Å². The van der Waals surface area contributed by atoms with Crippen LogP contribution in [0.3, 0.4) is 0 Å². The summed E-state index contributed by atoms with van der Waals surface area (Å²) in [4.78, 5) is 14.2. The Morgan fingerprint density at radius 3 is 2.82 bits per heavy atom. The summed E-state index contributed by atoms with van der Waals surface area (Å²) in [6.07, 6.45) is 3.44. The molecule has 0 atom stereocenters. The number of anilines is 1. The molecule has 2 N–H and O–H groups in total. The average molecular weight is 306 g/mol. The van der Waals surface area contributed by atoms with Gasteiger partial charge in [-0.05, 0) is 56.4 Å². The van der Waals surface area contributed by atoms with Crippen LogP contribution in [-0.4, -0.2) is 48.4 Å². The monoisotopic (exact) mass is 306 g/mol. The molecule has 1 aromatic rings. The molecule has 0 fully saturated rings. The van der Waals surface area contributed by atoms with Crippen molar-refractivity contribution in [3.8, 4) is 0 Å². The fourth-order valence-corrected chi connectivity index (χ4v) is 2.77. The molecule has 1 aliphatic carbocycles. The van der Waals surface area contributed by atoms with Crippen LogP contribution in [0.15, 0.2) is 18.2 Å². The summed E-state index contributed by atoms with van der Waals surface area (Å²) in [6, 6.07) is 6.15. The Morgan fingerprint density at radius 1 is 1.32 bits per heavy atom. The number of aliphatic hydroxyl groups excluding tert-OH is 1. The Hall–Kier alpha value is -1.59. The molecule has 22 heavy (non-hydrogen) atoms. The van der Waals surface area contributed by atoms with Crippen molar-refractivity contribution in [1.82, 2.24) is 4.90 Å². The van der Waals surface area contributed by atoms with Gasteiger partial charge in [0.25, 0.3) is 0 Å². The number of nitrogens with one attached hydrogen (secondary N) is 1. The molecule has 2 rings (SSSR count). The molecule has 0 radical (unpaired) electrons. The van der Waals surface area contributed by atoms with Crippen molar-refractivity contribution in [3.63, 3.8) is 0 Å². The van der Waals surface area contributed by atoms with Crippen molar-refractivity contribution in [2.45, 2.75) is 39.2 Å². The van der Waals surface area contributed by atoms with Crippen molar-refractivity contribution in [3.05, 3.63) is 29.3 Å². The first kappa shape index (κ1) is 16.8. The summed E-state index contributed by atoms with van der Waals surface area (Å²) in [7, 11) is 0. The van der Waals surface area contributed by atoms with Gasteiger partial charge < -0.3 is 20.1 Å². The van der Waals surface area contributed by atoms with Crippen LogP contribution >= 0.6 is 0 Å². The first-order valence-corrected chi connectivity index (χ1v) is 8.00. The highest BCUT2D eigenvalue weighted by atomic mass is 16.5. The molecule has 0 heterocycles.